The van der Waals surface area contributed by atoms with E-state index in [-0.39, 0.29) is 11.3 Å². The summed E-state index contributed by atoms with van der Waals surface area (Å²) in [6.07, 6.45) is 5.45. The number of carbonyl (C=O) groups is 2. The van der Waals surface area contributed by atoms with Gasteiger partial charge in [0.05, 0.1) is 25.5 Å². The van der Waals surface area contributed by atoms with Crippen LogP contribution < -0.4 is 4.90 Å². The number of halogens is 1. The summed E-state index contributed by atoms with van der Waals surface area (Å²) in [5, 5.41) is 11.1. The molecule has 2 aromatic carbocycles. The van der Waals surface area contributed by atoms with E-state index in [0.717, 1.165) is 4.47 Å². The maximum Gasteiger partial charge on any atom is 0.355 e. The van der Waals surface area contributed by atoms with E-state index in [4.69, 9.17) is 9.47 Å². The van der Waals surface area contributed by atoms with Crippen LogP contribution in [0, 0.1) is 0 Å². The van der Waals surface area contributed by atoms with Crippen LogP contribution in [-0.4, -0.2) is 31.3 Å². The van der Waals surface area contributed by atoms with Crippen molar-refractivity contribution in [2.45, 2.75) is 6.10 Å². The summed E-state index contributed by atoms with van der Waals surface area (Å²) < 4.78 is 10.6. The van der Waals surface area contributed by atoms with Gasteiger partial charge in [0.25, 0.3) is 0 Å². The van der Waals surface area contributed by atoms with Gasteiger partial charge in [-0.05, 0) is 35.9 Å². The molecular formula is C23H20BrNO5. The highest BCUT2D eigenvalue weighted by atomic mass is 79.9. The van der Waals surface area contributed by atoms with Crippen molar-refractivity contribution in [3.8, 4) is 0 Å². The summed E-state index contributed by atoms with van der Waals surface area (Å²) in [5.41, 5.74) is 1.75. The highest BCUT2D eigenvalue weighted by Crippen LogP contribution is 2.36. The van der Waals surface area contributed by atoms with Crippen molar-refractivity contribution in [3.63, 3.8) is 0 Å². The lowest BCUT2D eigenvalue weighted by Crippen LogP contribution is -2.28. The van der Waals surface area contributed by atoms with Crippen LogP contribution >= 0.6 is 15.9 Å². The standard InChI is InChI=1S/C23H20BrNO5/c1-29-22(27)17-10-6-7-13-25(20(17)23(28)30-2)19-12-11-16(24)14-18(19)21(26)15-8-4-3-5-9-15/h3-14,21,26H,1-2H3. The first-order valence-corrected chi connectivity index (χ1v) is 9.84. The van der Waals surface area contributed by atoms with E-state index >= 15 is 0 Å². The molecule has 0 aromatic heterocycles. The molecule has 3 rings (SSSR count). The molecule has 2 aromatic rings. The van der Waals surface area contributed by atoms with Gasteiger partial charge in [-0.15, -0.1) is 0 Å². The Bertz CT molecular complexity index is 1040. The predicted molar refractivity (Wildman–Crippen MR) is 116 cm³/mol. The number of hydrogen-bond acceptors (Lipinski definition) is 6. The van der Waals surface area contributed by atoms with Gasteiger partial charge in [0.2, 0.25) is 0 Å². The summed E-state index contributed by atoms with van der Waals surface area (Å²) >= 11 is 3.44. The van der Waals surface area contributed by atoms with E-state index in [9.17, 15) is 14.7 Å². The van der Waals surface area contributed by atoms with Crippen LogP contribution in [0.3, 0.4) is 0 Å². The Kier molecular flexibility index (Phi) is 6.87. The number of benzene rings is 2. The number of anilines is 1. The molecule has 1 heterocycles. The second kappa shape index (κ2) is 9.56. The first-order chi connectivity index (χ1) is 14.5. The van der Waals surface area contributed by atoms with Crippen LogP contribution in [0.1, 0.15) is 17.2 Å². The van der Waals surface area contributed by atoms with E-state index < -0.39 is 18.0 Å². The van der Waals surface area contributed by atoms with Gasteiger partial charge in [-0.25, -0.2) is 9.59 Å². The van der Waals surface area contributed by atoms with Crippen LogP contribution in [0.2, 0.25) is 0 Å². The van der Waals surface area contributed by atoms with Gasteiger partial charge in [-0.3, -0.25) is 0 Å². The van der Waals surface area contributed by atoms with Crippen molar-refractivity contribution in [1.29, 1.82) is 0 Å². The number of nitrogens with zero attached hydrogens (tertiary/aromatic N) is 1. The number of aliphatic hydroxyl groups is 1. The summed E-state index contributed by atoms with van der Waals surface area (Å²) in [7, 11) is 2.48. The number of esters is 2. The largest absolute Gasteiger partial charge is 0.465 e. The van der Waals surface area contributed by atoms with Gasteiger partial charge in [0, 0.05) is 16.2 Å². The van der Waals surface area contributed by atoms with Crippen molar-refractivity contribution in [2.75, 3.05) is 19.1 Å². The summed E-state index contributed by atoms with van der Waals surface area (Å²) in [4.78, 5) is 26.6. The molecule has 1 unspecified atom stereocenters. The molecule has 30 heavy (non-hydrogen) atoms. The topological polar surface area (TPSA) is 76.1 Å². The van der Waals surface area contributed by atoms with Gasteiger partial charge in [0.1, 0.15) is 11.8 Å². The quantitative estimate of drug-likeness (QED) is 0.666. The summed E-state index contributed by atoms with van der Waals surface area (Å²) in [6.45, 7) is 0. The minimum atomic E-state index is -0.969. The first-order valence-electron chi connectivity index (χ1n) is 9.05. The minimum Gasteiger partial charge on any atom is -0.465 e. The molecule has 0 spiro atoms. The van der Waals surface area contributed by atoms with E-state index in [1.54, 1.807) is 36.6 Å². The lowest BCUT2D eigenvalue weighted by atomic mass is 9.99. The second-order valence-electron chi connectivity index (χ2n) is 6.33. The zero-order chi connectivity index (χ0) is 21.7. The monoisotopic (exact) mass is 469 g/mol. The second-order valence-corrected chi connectivity index (χ2v) is 7.25. The van der Waals surface area contributed by atoms with E-state index in [0.29, 0.717) is 16.8 Å². The third kappa shape index (κ3) is 4.37. The molecule has 0 fully saturated rings. The molecule has 0 radical (unpaired) electrons. The number of rotatable bonds is 5. The van der Waals surface area contributed by atoms with Crippen LogP contribution in [0.15, 0.2) is 88.7 Å². The van der Waals surface area contributed by atoms with E-state index in [2.05, 4.69) is 15.9 Å². The fourth-order valence-corrected chi connectivity index (χ4v) is 3.51. The summed E-state index contributed by atoms with van der Waals surface area (Å²) in [5.74, 6) is -1.39. The molecule has 0 saturated carbocycles. The zero-order valence-corrected chi connectivity index (χ0v) is 18.0. The van der Waals surface area contributed by atoms with Crippen LogP contribution in [0.5, 0.6) is 0 Å². The maximum atomic E-state index is 12.7. The normalized spacial score (nSPS) is 14.3. The van der Waals surface area contributed by atoms with Crippen LogP contribution in [0.4, 0.5) is 5.69 Å². The average molecular weight is 470 g/mol. The lowest BCUT2D eigenvalue weighted by molar-refractivity contribution is -0.139. The predicted octanol–water partition coefficient (Wildman–Crippen LogP) is 4.02. The van der Waals surface area contributed by atoms with Crippen LogP contribution in [0.25, 0.3) is 0 Å². The van der Waals surface area contributed by atoms with E-state index in [1.165, 1.54) is 25.2 Å². The number of carbonyl (C=O) groups excluding carboxylic acids is 2. The van der Waals surface area contributed by atoms with E-state index in [1.807, 2.05) is 30.3 Å². The number of hydrogen-bond donors (Lipinski definition) is 1. The molecule has 1 N–H and O–H groups in total. The molecule has 0 bridgehead atoms. The van der Waals surface area contributed by atoms with Gasteiger partial charge < -0.3 is 19.5 Å². The Morgan fingerprint density at radius 2 is 1.70 bits per heavy atom. The zero-order valence-electron chi connectivity index (χ0n) is 16.4. The lowest BCUT2D eigenvalue weighted by Gasteiger charge is -2.27. The number of ether oxygens (including phenoxy) is 2. The maximum absolute atomic E-state index is 12.7. The molecule has 1 atom stereocenters. The molecule has 7 heteroatoms. The fraction of sp³-hybridized carbons (Fsp3) is 0.130. The highest BCUT2D eigenvalue weighted by molar-refractivity contribution is 9.10. The molecule has 0 saturated heterocycles. The van der Waals surface area contributed by atoms with Crippen molar-refractivity contribution < 1.29 is 24.2 Å². The third-order valence-electron chi connectivity index (χ3n) is 4.55. The Hall–Kier alpha value is -3.16. The fourth-order valence-electron chi connectivity index (χ4n) is 3.13. The Labute approximate surface area is 182 Å². The first kappa shape index (κ1) is 21.5. The number of aliphatic hydroxyl groups excluding tert-OH is 1. The summed E-state index contributed by atoms with van der Waals surface area (Å²) in [6, 6.07) is 14.5. The molecule has 1 aliphatic heterocycles. The number of allylic oxidation sites excluding steroid dienone is 2. The Balaban J connectivity index is 2.22. The van der Waals surface area contributed by atoms with Gasteiger partial charge in [0.15, 0.2) is 0 Å². The number of methoxy groups -OCH3 is 2. The van der Waals surface area contributed by atoms with Crippen molar-refractivity contribution >= 4 is 33.6 Å². The molecule has 154 valence electrons. The molecule has 6 nitrogen and oxygen atoms in total. The Morgan fingerprint density at radius 1 is 1.00 bits per heavy atom. The Morgan fingerprint density at radius 3 is 2.37 bits per heavy atom. The van der Waals surface area contributed by atoms with Crippen molar-refractivity contribution in [3.05, 3.63) is 99.8 Å². The van der Waals surface area contributed by atoms with Gasteiger partial charge in [-0.1, -0.05) is 52.3 Å². The van der Waals surface area contributed by atoms with Crippen LogP contribution in [-0.2, 0) is 19.1 Å². The minimum absolute atomic E-state index is 0.0156. The van der Waals surface area contributed by atoms with Crippen molar-refractivity contribution in [1.82, 2.24) is 0 Å². The molecule has 0 aliphatic carbocycles. The molecule has 0 amide bonds. The van der Waals surface area contributed by atoms with Gasteiger partial charge in [-0.2, -0.15) is 0 Å². The highest BCUT2D eigenvalue weighted by Gasteiger charge is 2.29. The van der Waals surface area contributed by atoms with Crippen molar-refractivity contribution in [2.24, 2.45) is 0 Å². The van der Waals surface area contributed by atoms with Gasteiger partial charge >= 0.3 is 11.9 Å². The molecule has 1 aliphatic rings. The third-order valence-corrected chi connectivity index (χ3v) is 5.04. The molecular weight excluding hydrogens is 450 g/mol. The smallest absolute Gasteiger partial charge is 0.355 e. The average Bonchev–Trinajstić information content (AvgIpc) is 3.01. The SMILES string of the molecule is COC(=O)C1=C(C(=O)OC)N(c2ccc(Br)cc2C(O)c2ccccc2)C=CC=C1.